The van der Waals surface area contributed by atoms with Crippen molar-refractivity contribution in [3.63, 3.8) is 0 Å². The van der Waals surface area contributed by atoms with Crippen LogP contribution in [0.2, 0.25) is 0 Å². The molecule has 2 nitrogen and oxygen atoms in total. The van der Waals surface area contributed by atoms with Crippen LogP contribution < -0.4 is 0 Å². The standard InChI is InChI=1S/C42H23NOS2/c1-4-15-33-26(9-1)32-23-24(19-21-34(32)43(33)35-16-8-13-28-27-10-2-5-17-36(27)44-40(28)35)25-12-7-14-29-30-20-22-38-39(42(30)46-41(25)29)31-11-3-6-18-37(31)45-38/h1-23H. The summed E-state index contributed by atoms with van der Waals surface area (Å²) in [5.41, 5.74) is 7.76. The summed E-state index contributed by atoms with van der Waals surface area (Å²) < 4.78 is 14.3. The fraction of sp³-hybridized carbons (Fsp3) is 0. The molecule has 0 aliphatic carbocycles. The fourth-order valence-electron chi connectivity index (χ4n) is 7.60. The fourth-order valence-corrected chi connectivity index (χ4v) is 10.2. The number of nitrogens with zero attached hydrogens (tertiary/aromatic N) is 1. The summed E-state index contributed by atoms with van der Waals surface area (Å²) in [5, 5.41) is 10.2. The highest BCUT2D eigenvalue weighted by Crippen LogP contribution is 2.47. The van der Waals surface area contributed by atoms with Gasteiger partial charge in [0.25, 0.3) is 0 Å². The van der Waals surface area contributed by atoms with Crippen molar-refractivity contribution < 1.29 is 4.42 Å². The topological polar surface area (TPSA) is 18.1 Å². The predicted octanol–water partition coefficient (Wildman–Crippen LogP) is 13.1. The zero-order valence-electron chi connectivity index (χ0n) is 24.5. The lowest BCUT2D eigenvalue weighted by Crippen LogP contribution is -1.94. The molecular formula is C42H23NOS2. The van der Waals surface area contributed by atoms with Gasteiger partial charge in [0.15, 0.2) is 5.58 Å². The third-order valence-corrected chi connectivity index (χ3v) is 12.0. The number of furan rings is 1. The Morgan fingerprint density at radius 3 is 2.15 bits per heavy atom. The zero-order valence-corrected chi connectivity index (χ0v) is 26.1. The van der Waals surface area contributed by atoms with Gasteiger partial charge in [0, 0.05) is 61.9 Å². The molecule has 0 aliphatic heterocycles. The van der Waals surface area contributed by atoms with E-state index in [0.717, 1.165) is 27.6 Å². The van der Waals surface area contributed by atoms with Gasteiger partial charge in [0.1, 0.15) is 5.58 Å². The van der Waals surface area contributed by atoms with Crippen LogP contribution >= 0.6 is 22.7 Å². The first kappa shape index (κ1) is 24.8. The number of rotatable bonds is 2. The van der Waals surface area contributed by atoms with Crippen molar-refractivity contribution >= 4 is 107 Å². The van der Waals surface area contributed by atoms with Gasteiger partial charge in [0.2, 0.25) is 0 Å². The molecule has 0 fully saturated rings. The molecule has 0 bridgehead atoms. The van der Waals surface area contributed by atoms with Crippen LogP contribution in [-0.2, 0) is 0 Å². The van der Waals surface area contributed by atoms with Crippen molar-refractivity contribution in [1.29, 1.82) is 0 Å². The second-order valence-electron chi connectivity index (χ2n) is 12.0. The van der Waals surface area contributed by atoms with Crippen molar-refractivity contribution in [3.8, 4) is 16.8 Å². The highest BCUT2D eigenvalue weighted by molar-refractivity contribution is 7.30. The Morgan fingerprint density at radius 1 is 0.457 bits per heavy atom. The first-order valence-corrected chi connectivity index (χ1v) is 17.1. The number of thiophene rings is 2. The Bertz CT molecular complexity index is 3040. The monoisotopic (exact) mass is 621 g/mol. The van der Waals surface area contributed by atoms with E-state index in [4.69, 9.17) is 4.42 Å². The number of aromatic nitrogens is 1. The second-order valence-corrected chi connectivity index (χ2v) is 14.1. The van der Waals surface area contributed by atoms with Crippen molar-refractivity contribution in [2.75, 3.05) is 0 Å². The van der Waals surface area contributed by atoms with Crippen molar-refractivity contribution in [2.24, 2.45) is 0 Å². The van der Waals surface area contributed by atoms with Gasteiger partial charge in [-0.05, 0) is 53.6 Å². The summed E-state index contributed by atoms with van der Waals surface area (Å²) in [6.45, 7) is 0. The minimum Gasteiger partial charge on any atom is -0.454 e. The third-order valence-electron chi connectivity index (χ3n) is 9.61. The van der Waals surface area contributed by atoms with E-state index in [2.05, 4.69) is 138 Å². The second kappa shape index (κ2) is 9.07. The van der Waals surface area contributed by atoms with Crippen LogP contribution in [-0.4, -0.2) is 4.57 Å². The highest BCUT2D eigenvalue weighted by atomic mass is 32.1. The quantitative estimate of drug-likeness (QED) is 0.188. The van der Waals surface area contributed by atoms with Crippen molar-refractivity contribution in [1.82, 2.24) is 4.57 Å². The summed E-state index contributed by atoms with van der Waals surface area (Å²) in [5.74, 6) is 0. The summed E-state index contributed by atoms with van der Waals surface area (Å²) in [6, 6.07) is 50.8. The molecule has 0 amide bonds. The number of hydrogen-bond donors (Lipinski definition) is 0. The number of para-hydroxylation sites is 3. The van der Waals surface area contributed by atoms with Crippen LogP contribution in [0.25, 0.3) is 101 Å². The Balaban J connectivity index is 1.18. The molecule has 0 spiro atoms. The lowest BCUT2D eigenvalue weighted by molar-refractivity contribution is 0.666. The molecule has 46 heavy (non-hydrogen) atoms. The lowest BCUT2D eigenvalue weighted by Gasteiger charge is -2.09. The molecule has 0 saturated heterocycles. The number of benzene rings is 7. The molecule has 4 aromatic heterocycles. The molecule has 4 heteroatoms. The van der Waals surface area contributed by atoms with Gasteiger partial charge in [-0.25, -0.2) is 0 Å². The summed E-state index contributed by atoms with van der Waals surface area (Å²) in [7, 11) is 0. The first-order valence-electron chi connectivity index (χ1n) is 15.5. The molecule has 7 aromatic carbocycles. The van der Waals surface area contributed by atoms with Gasteiger partial charge in [-0.3, -0.25) is 0 Å². The van der Waals surface area contributed by atoms with Gasteiger partial charge in [0.05, 0.1) is 16.7 Å². The molecule has 0 N–H and O–H groups in total. The van der Waals surface area contributed by atoms with Crippen LogP contribution in [0.15, 0.2) is 144 Å². The summed E-state index contributed by atoms with van der Waals surface area (Å²) in [6.07, 6.45) is 0. The number of hydrogen-bond acceptors (Lipinski definition) is 3. The maximum absolute atomic E-state index is 6.51. The van der Waals surface area contributed by atoms with E-state index in [9.17, 15) is 0 Å². The number of fused-ring (bicyclic) bond motifs is 13. The van der Waals surface area contributed by atoms with Gasteiger partial charge >= 0.3 is 0 Å². The molecule has 0 unspecified atom stereocenters. The minimum atomic E-state index is 0.914. The molecule has 0 radical (unpaired) electrons. The summed E-state index contributed by atoms with van der Waals surface area (Å²) in [4.78, 5) is 0. The molecule has 214 valence electrons. The maximum Gasteiger partial charge on any atom is 0.159 e. The van der Waals surface area contributed by atoms with E-state index in [0.29, 0.717) is 0 Å². The minimum absolute atomic E-state index is 0.914. The molecule has 11 aromatic rings. The smallest absolute Gasteiger partial charge is 0.159 e. The Kier molecular flexibility index (Phi) is 4.90. The van der Waals surface area contributed by atoms with Crippen LogP contribution in [0.4, 0.5) is 0 Å². The Morgan fingerprint density at radius 2 is 1.20 bits per heavy atom. The maximum atomic E-state index is 6.51. The van der Waals surface area contributed by atoms with E-state index in [1.807, 2.05) is 28.7 Å². The van der Waals surface area contributed by atoms with Crippen molar-refractivity contribution in [3.05, 3.63) is 140 Å². The average molecular weight is 622 g/mol. The Hall–Kier alpha value is -5.42. The lowest BCUT2D eigenvalue weighted by atomic mass is 10.00. The SMILES string of the molecule is c1ccc2c(c1)oc1c(-n3c4ccccc4c4cc(-c5cccc6c5sc5c6ccc6sc7ccccc7c65)ccc43)cccc12. The van der Waals surface area contributed by atoms with Gasteiger partial charge in [-0.15, -0.1) is 22.7 Å². The predicted molar refractivity (Wildman–Crippen MR) is 199 cm³/mol. The van der Waals surface area contributed by atoms with E-state index in [1.54, 1.807) is 0 Å². The molecule has 0 saturated carbocycles. The van der Waals surface area contributed by atoms with Gasteiger partial charge < -0.3 is 8.98 Å². The first-order chi connectivity index (χ1) is 22.8. The van der Waals surface area contributed by atoms with Crippen LogP contribution in [0.5, 0.6) is 0 Å². The van der Waals surface area contributed by atoms with Crippen molar-refractivity contribution in [2.45, 2.75) is 0 Å². The highest BCUT2D eigenvalue weighted by Gasteiger charge is 2.19. The largest absolute Gasteiger partial charge is 0.454 e. The normalized spacial score (nSPS) is 12.3. The zero-order chi connectivity index (χ0) is 29.9. The summed E-state index contributed by atoms with van der Waals surface area (Å²) >= 11 is 3.82. The van der Waals surface area contributed by atoms with E-state index in [1.165, 1.54) is 73.3 Å². The molecule has 11 rings (SSSR count). The van der Waals surface area contributed by atoms with E-state index >= 15 is 0 Å². The average Bonchev–Trinajstić information content (AvgIpc) is 3.86. The van der Waals surface area contributed by atoms with Crippen LogP contribution in [0.3, 0.4) is 0 Å². The van der Waals surface area contributed by atoms with Crippen LogP contribution in [0.1, 0.15) is 0 Å². The Labute approximate surface area is 270 Å². The van der Waals surface area contributed by atoms with Gasteiger partial charge in [-0.2, -0.15) is 0 Å². The molecule has 0 atom stereocenters. The molecule has 0 aliphatic rings. The van der Waals surface area contributed by atoms with Crippen LogP contribution in [0, 0.1) is 0 Å². The van der Waals surface area contributed by atoms with Gasteiger partial charge in [-0.1, -0.05) is 97.1 Å². The molecular weight excluding hydrogens is 599 g/mol. The third kappa shape index (κ3) is 3.24. The molecule has 4 heterocycles. The van der Waals surface area contributed by atoms with E-state index < -0.39 is 0 Å². The van der Waals surface area contributed by atoms with E-state index in [-0.39, 0.29) is 0 Å².